The van der Waals surface area contributed by atoms with E-state index < -0.39 is 34.6 Å². The SMILES string of the molecule is CS(=O)(=O)N(CCF)c1cc2oc3c4ccc(F)cc4[nH]c(=O)c3c2cc1-c1cccc(C(=O)N2CCC3CC32)c1. The number of rotatable bonds is 6. The molecule has 2 aromatic heterocycles. The smallest absolute Gasteiger partial charge is 0.260 e. The number of likely N-dealkylation sites (tertiary alicyclic amines) is 1. The van der Waals surface area contributed by atoms with Crippen molar-refractivity contribution in [3.8, 4) is 11.1 Å². The summed E-state index contributed by atoms with van der Waals surface area (Å²) >= 11 is 0. The highest BCUT2D eigenvalue weighted by atomic mass is 32.2. The number of H-pyrrole nitrogens is 1. The predicted molar refractivity (Wildman–Crippen MR) is 153 cm³/mol. The van der Waals surface area contributed by atoms with E-state index in [0.29, 0.717) is 39.9 Å². The summed E-state index contributed by atoms with van der Waals surface area (Å²) in [6.45, 7) is -0.665. The van der Waals surface area contributed by atoms with Gasteiger partial charge < -0.3 is 14.3 Å². The van der Waals surface area contributed by atoms with Crippen LogP contribution >= 0.6 is 0 Å². The molecular weight excluding hydrogens is 552 g/mol. The van der Waals surface area contributed by atoms with Crippen LogP contribution in [-0.4, -0.2) is 56.3 Å². The molecule has 2 fully saturated rings. The number of alkyl halides is 1. The van der Waals surface area contributed by atoms with Gasteiger partial charge in [-0.2, -0.15) is 0 Å². The Morgan fingerprint density at radius 3 is 2.68 bits per heavy atom. The van der Waals surface area contributed by atoms with Gasteiger partial charge in [0, 0.05) is 40.6 Å². The number of pyridine rings is 1. The number of hydrogen-bond acceptors (Lipinski definition) is 5. The van der Waals surface area contributed by atoms with Gasteiger partial charge >= 0.3 is 0 Å². The van der Waals surface area contributed by atoms with Crippen molar-refractivity contribution in [2.75, 3.05) is 30.3 Å². The number of fused-ring (bicyclic) bond motifs is 6. The second-order valence-corrected chi connectivity index (χ2v) is 12.7. The Morgan fingerprint density at radius 2 is 1.98 bits per heavy atom. The lowest BCUT2D eigenvalue weighted by Gasteiger charge is -2.24. The van der Waals surface area contributed by atoms with Gasteiger partial charge in [0.25, 0.3) is 11.5 Å². The number of halogens is 2. The number of aromatic amines is 1. The van der Waals surface area contributed by atoms with Crippen LogP contribution in [0.25, 0.3) is 44.0 Å². The van der Waals surface area contributed by atoms with E-state index in [1.165, 1.54) is 24.3 Å². The zero-order valence-corrected chi connectivity index (χ0v) is 22.8. The van der Waals surface area contributed by atoms with Crippen molar-refractivity contribution in [1.82, 2.24) is 9.88 Å². The van der Waals surface area contributed by atoms with Crippen molar-refractivity contribution in [2.24, 2.45) is 5.92 Å². The molecule has 0 bridgehead atoms. The molecule has 2 aliphatic rings. The third-order valence-electron chi connectivity index (χ3n) is 8.17. The second kappa shape index (κ2) is 9.13. The Labute approximate surface area is 233 Å². The van der Waals surface area contributed by atoms with E-state index in [1.54, 1.807) is 30.3 Å². The van der Waals surface area contributed by atoms with E-state index in [9.17, 15) is 26.8 Å². The molecule has 5 aromatic rings. The van der Waals surface area contributed by atoms with Gasteiger partial charge in [-0.1, -0.05) is 12.1 Å². The van der Waals surface area contributed by atoms with Gasteiger partial charge in [-0.15, -0.1) is 0 Å². The largest absolute Gasteiger partial charge is 0.455 e. The molecule has 0 radical (unpaired) electrons. The normalized spacial score (nSPS) is 18.4. The summed E-state index contributed by atoms with van der Waals surface area (Å²) in [7, 11) is -3.93. The van der Waals surface area contributed by atoms with Gasteiger partial charge in [-0.3, -0.25) is 13.9 Å². The van der Waals surface area contributed by atoms with Crippen LogP contribution in [0.4, 0.5) is 14.5 Å². The number of anilines is 1. The van der Waals surface area contributed by atoms with Crippen molar-refractivity contribution >= 4 is 54.5 Å². The van der Waals surface area contributed by atoms with Gasteiger partial charge in [0.05, 0.1) is 29.4 Å². The summed E-state index contributed by atoms with van der Waals surface area (Å²) in [6.07, 6.45) is 3.00. The number of nitrogens with zero attached hydrogens (tertiary/aromatic N) is 2. The Balaban J connectivity index is 1.48. The van der Waals surface area contributed by atoms with Crippen molar-refractivity contribution in [3.05, 3.63) is 76.3 Å². The number of benzene rings is 3. The summed E-state index contributed by atoms with van der Waals surface area (Å²) in [5.74, 6) is -0.0453. The Hall–Kier alpha value is -4.25. The van der Waals surface area contributed by atoms with Gasteiger partial charge in [-0.05, 0) is 60.7 Å². The van der Waals surface area contributed by atoms with Crippen molar-refractivity contribution < 1.29 is 26.4 Å². The van der Waals surface area contributed by atoms with Crippen LogP contribution in [0.2, 0.25) is 0 Å². The molecule has 1 aliphatic carbocycles. The van der Waals surface area contributed by atoms with Gasteiger partial charge in [0.1, 0.15) is 23.7 Å². The highest BCUT2D eigenvalue weighted by molar-refractivity contribution is 7.92. The van der Waals surface area contributed by atoms with E-state index >= 15 is 0 Å². The number of aromatic nitrogens is 1. The van der Waals surface area contributed by atoms with Crippen LogP contribution < -0.4 is 9.86 Å². The molecule has 2 atom stereocenters. The topological polar surface area (TPSA) is 104 Å². The van der Waals surface area contributed by atoms with Crippen LogP contribution in [0.1, 0.15) is 23.2 Å². The summed E-state index contributed by atoms with van der Waals surface area (Å²) in [4.78, 5) is 31.1. The van der Waals surface area contributed by atoms with E-state index in [4.69, 9.17) is 4.42 Å². The lowest BCUT2D eigenvalue weighted by Crippen LogP contribution is -2.32. The van der Waals surface area contributed by atoms with Gasteiger partial charge in [-0.25, -0.2) is 17.2 Å². The molecule has 11 heteroatoms. The first kappa shape index (κ1) is 25.7. The maximum Gasteiger partial charge on any atom is 0.260 e. The molecule has 1 saturated carbocycles. The summed E-state index contributed by atoms with van der Waals surface area (Å²) in [5.41, 5.74) is 1.70. The zero-order chi connectivity index (χ0) is 28.6. The van der Waals surface area contributed by atoms with E-state index in [2.05, 4.69) is 4.98 Å². The molecule has 7 rings (SSSR count). The third-order valence-corrected chi connectivity index (χ3v) is 9.35. The van der Waals surface area contributed by atoms with E-state index in [-0.39, 0.29) is 39.7 Å². The average Bonchev–Trinajstić information content (AvgIpc) is 3.42. The predicted octanol–water partition coefficient (Wildman–Crippen LogP) is 5.20. The molecule has 1 aliphatic heterocycles. The van der Waals surface area contributed by atoms with Crippen molar-refractivity contribution in [3.63, 3.8) is 0 Å². The maximum absolute atomic E-state index is 13.9. The summed E-state index contributed by atoms with van der Waals surface area (Å²) < 4.78 is 60.3. The molecule has 3 heterocycles. The van der Waals surface area contributed by atoms with Crippen LogP contribution in [0.5, 0.6) is 0 Å². The van der Waals surface area contributed by atoms with Crippen LogP contribution in [-0.2, 0) is 10.0 Å². The summed E-state index contributed by atoms with van der Waals surface area (Å²) in [5, 5.41) is 1.09. The fraction of sp³-hybridized carbons (Fsp3) is 0.267. The second-order valence-electron chi connectivity index (χ2n) is 10.8. The molecule has 0 spiro atoms. The molecule has 2 unspecified atom stereocenters. The Kier molecular flexibility index (Phi) is 5.73. The van der Waals surface area contributed by atoms with Crippen LogP contribution in [0.3, 0.4) is 0 Å². The minimum atomic E-state index is -3.93. The molecule has 41 heavy (non-hydrogen) atoms. The lowest BCUT2D eigenvalue weighted by atomic mass is 9.98. The minimum absolute atomic E-state index is 0.0906. The first-order valence-corrected chi connectivity index (χ1v) is 15.2. The number of furan rings is 1. The number of nitrogens with one attached hydrogen (secondary N) is 1. The average molecular weight is 578 g/mol. The first-order valence-electron chi connectivity index (χ1n) is 13.3. The summed E-state index contributed by atoms with van der Waals surface area (Å²) in [6, 6.07) is 14.2. The molecule has 1 amide bonds. The van der Waals surface area contributed by atoms with E-state index in [0.717, 1.165) is 23.4 Å². The fourth-order valence-corrected chi connectivity index (χ4v) is 7.07. The standard InChI is InChI=1S/C30H25F2N3O5S/c1-41(38,39)35(10-8-31)25-15-26-22(27-28(40-26)20-6-5-19(32)13-23(20)33-29(27)36)14-21(25)16-3-2-4-18(11-16)30(37)34-9-7-17-12-24(17)34/h2-6,11,13-15,17,24H,7-10,12H2,1H3,(H,33,36). The van der Waals surface area contributed by atoms with Crippen molar-refractivity contribution in [2.45, 2.75) is 18.9 Å². The lowest BCUT2D eigenvalue weighted by molar-refractivity contribution is 0.0768. The molecule has 1 saturated heterocycles. The Morgan fingerprint density at radius 1 is 1.15 bits per heavy atom. The monoisotopic (exact) mass is 577 g/mol. The number of carbonyl (C=O) groups is 1. The highest BCUT2D eigenvalue weighted by Gasteiger charge is 2.48. The highest BCUT2D eigenvalue weighted by Crippen LogP contribution is 2.45. The first-order chi connectivity index (χ1) is 19.6. The number of piperidine rings is 1. The fourth-order valence-electron chi connectivity index (χ4n) is 6.16. The number of hydrogen-bond donors (Lipinski definition) is 1. The number of amides is 1. The molecule has 1 N–H and O–H groups in total. The Bertz CT molecular complexity index is 2070. The molecule has 8 nitrogen and oxygen atoms in total. The quantitative estimate of drug-likeness (QED) is 0.299. The zero-order valence-electron chi connectivity index (χ0n) is 22.0. The van der Waals surface area contributed by atoms with Crippen molar-refractivity contribution in [1.29, 1.82) is 0 Å². The molecule has 3 aromatic carbocycles. The van der Waals surface area contributed by atoms with Crippen LogP contribution in [0, 0.1) is 11.7 Å². The maximum atomic E-state index is 13.9. The number of sulfonamides is 1. The molecular formula is C30H25F2N3O5S. The number of carbonyl (C=O) groups excluding carboxylic acids is 1. The van der Waals surface area contributed by atoms with Crippen LogP contribution in [0.15, 0.2) is 63.8 Å². The molecule has 210 valence electrons. The van der Waals surface area contributed by atoms with E-state index in [1.807, 2.05) is 4.90 Å². The van der Waals surface area contributed by atoms with Gasteiger partial charge in [0.15, 0.2) is 0 Å². The third kappa shape index (κ3) is 4.18. The minimum Gasteiger partial charge on any atom is -0.455 e. The van der Waals surface area contributed by atoms with Gasteiger partial charge in [0.2, 0.25) is 10.0 Å².